The summed E-state index contributed by atoms with van der Waals surface area (Å²) >= 11 is 0. The van der Waals surface area contributed by atoms with Gasteiger partial charge in [-0.2, -0.15) is 0 Å². The number of methoxy groups -OCH3 is 1. The van der Waals surface area contributed by atoms with Gasteiger partial charge in [0.05, 0.1) is 7.11 Å². The molecule has 0 aromatic heterocycles. The number of aldehydes is 1. The molecule has 0 N–H and O–H groups in total. The zero-order valence-corrected chi connectivity index (χ0v) is 8.69. The second-order valence-corrected chi connectivity index (χ2v) is 3.10. The van der Waals surface area contributed by atoms with E-state index in [1.54, 1.807) is 37.3 Å². The van der Waals surface area contributed by atoms with E-state index in [4.69, 9.17) is 0 Å². The number of carbonyl (C=O) groups excluding carboxylic acids is 2. The molecule has 0 fully saturated rings. The predicted molar refractivity (Wildman–Crippen MR) is 57.5 cm³/mol. The molecule has 0 heterocycles. The highest BCUT2D eigenvalue weighted by Crippen LogP contribution is 2.08. The maximum absolute atomic E-state index is 11.1. The van der Waals surface area contributed by atoms with Crippen molar-refractivity contribution in [1.82, 2.24) is 0 Å². The summed E-state index contributed by atoms with van der Waals surface area (Å²) in [5, 5.41) is 0. The lowest BCUT2D eigenvalue weighted by atomic mass is 10.1. The minimum absolute atomic E-state index is 0.352. The summed E-state index contributed by atoms with van der Waals surface area (Å²) in [4.78, 5) is 21.5. The van der Waals surface area contributed by atoms with Crippen LogP contribution in [0.4, 0.5) is 0 Å². The second-order valence-electron chi connectivity index (χ2n) is 3.10. The molecule has 3 heteroatoms. The van der Waals surface area contributed by atoms with Gasteiger partial charge in [0.15, 0.2) is 0 Å². The molecule has 0 bridgehead atoms. The van der Waals surface area contributed by atoms with Gasteiger partial charge in [-0.3, -0.25) is 4.79 Å². The Morgan fingerprint density at radius 3 is 2.20 bits per heavy atom. The monoisotopic (exact) mass is 204 g/mol. The van der Waals surface area contributed by atoms with E-state index in [1.165, 1.54) is 7.11 Å². The molecule has 0 spiro atoms. The molecule has 0 amide bonds. The van der Waals surface area contributed by atoms with Crippen molar-refractivity contribution in [2.45, 2.75) is 6.92 Å². The summed E-state index contributed by atoms with van der Waals surface area (Å²) in [6.45, 7) is 1.68. The molecule has 0 radical (unpaired) electrons. The lowest BCUT2D eigenvalue weighted by Crippen LogP contribution is -2.00. The standard InChI is InChI=1S/C12H12O3/c1-9(12(14)15-2)7-10-3-5-11(8-13)6-4-10/h3-8H,1-2H3/b9-7+. The first-order valence-corrected chi connectivity index (χ1v) is 4.49. The van der Waals surface area contributed by atoms with E-state index in [1.807, 2.05) is 0 Å². The van der Waals surface area contributed by atoms with Crippen LogP contribution in [0.3, 0.4) is 0 Å². The summed E-state index contributed by atoms with van der Waals surface area (Å²) < 4.78 is 4.57. The summed E-state index contributed by atoms with van der Waals surface area (Å²) in [6, 6.07) is 6.94. The number of carbonyl (C=O) groups is 2. The number of benzene rings is 1. The lowest BCUT2D eigenvalue weighted by molar-refractivity contribution is -0.135. The minimum atomic E-state index is -0.352. The van der Waals surface area contributed by atoms with Gasteiger partial charge >= 0.3 is 5.97 Å². The predicted octanol–water partition coefficient (Wildman–Crippen LogP) is 2.08. The van der Waals surface area contributed by atoms with Crippen molar-refractivity contribution in [3.8, 4) is 0 Å². The number of hydrogen-bond donors (Lipinski definition) is 0. The van der Waals surface area contributed by atoms with Crippen LogP contribution in [0.15, 0.2) is 29.8 Å². The second kappa shape index (κ2) is 5.10. The molecule has 0 saturated carbocycles. The van der Waals surface area contributed by atoms with Crippen LogP contribution in [0.1, 0.15) is 22.8 Å². The van der Waals surface area contributed by atoms with Gasteiger partial charge < -0.3 is 4.74 Å². The topological polar surface area (TPSA) is 43.4 Å². The number of esters is 1. The molecule has 0 aliphatic heterocycles. The van der Waals surface area contributed by atoms with Gasteiger partial charge in [0.2, 0.25) is 0 Å². The van der Waals surface area contributed by atoms with Gasteiger partial charge in [0, 0.05) is 11.1 Å². The Morgan fingerprint density at radius 2 is 1.73 bits per heavy atom. The van der Waals surface area contributed by atoms with Crippen LogP contribution >= 0.6 is 0 Å². The van der Waals surface area contributed by atoms with Crippen LogP contribution in [-0.4, -0.2) is 19.4 Å². The van der Waals surface area contributed by atoms with Crippen molar-refractivity contribution in [2.24, 2.45) is 0 Å². The molecular weight excluding hydrogens is 192 g/mol. The van der Waals surface area contributed by atoms with E-state index < -0.39 is 0 Å². The first-order valence-electron chi connectivity index (χ1n) is 4.49. The van der Waals surface area contributed by atoms with E-state index in [-0.39, 0.29) is 5.97 Å². The molecular formula is C12H12O3. The fourth-order valence-corrected chi connectivity index (χ4v) is 1.14. The average molecular weight is 204 g/mol. The Labute approximate surface area is 88.4 Å². The van der Waals surface area contributed by atoms with Crippen molar-refractivity contribution in [1.29, 1.82) is 0 Å². The number of hydrogen-bond acceptors (Lipinski definition) is 3. The Bertz CT molecular complexity index is 388. The minimum Gasteiger partial charge on any atom is -0.466 e. The number of ether oxygens (including phenoxy) is 1. The molecule has 1 rings (SSSR count). The Kier molecular flexibility index (Phi) is 3.80. The third kappa shape index (κ3) is 3.06. The average Bonchev–Trinajstić information content (AvgIpc) is 2.29. The van der Waals surface area contributed by atoms with Crippen LogP contribution in [0.25, 0.3) is 6.08 Å². The molecule has 1 aromatic carbocycles. The highest BCUT2D eigenvalue weighted by atomic mass is 16.5. The first-order chi connectivity index (χ1) is 7.17. The van der Waals surface area contributed by atoms with Crippen LogP contribution in [0.5, 0.6) is 0 Å². The van der Waals surface area contributed by atoms with Crippen molar-refractivity contribution >= 4 is 18.3 Å². The van der Waals surface area contributed by atoms with Gasteiger partial charge in [0.1, 0.15) is 6.29 Å². The largest absolute Gasteiger partial charge is 0.466 e. The Hall–Kier alpha value is -1.90. The molecule has 0 unspecified atom stereocenters. The molecule has 78 valence electrons. The van der Waals surface area contributed by atoms with E-state index in [0.29, 0.717) is 11.1 Å². The highest BCUT2D eigenvalue weighted by Gasteiger charge is 2.02. The molecule has 3 nitrogen and oxygen atoms in total. The third-order valence-electron chi connectivity index (χ3n) is 1.96. The van der Waals surface area contributed by atoms with Gasteiger partial charge in [-0.15, -0.1) is 0 Å². The summed E-state index contributed by atoms with van der Waals surface area (Å²) in [5.74, 6) is -0.352. The zero-order valence-electron chi connectivity index (χ0n) is 8.69. The quantitative estimate of drug-likeness (QED) is 0.430. The van der Waals surface area contributed by atoms with Crippen molar-refractivity contribution in [3.63, 3.8) is 0 Å². The van der Waals surface area contributed by atoms with Crippen molar-refractivity contribution in [2.75, 3.05) is 7.11 Å². The maximum atomic E-state index is 11.1. The fourth-order valence-electron chi connectivity index (χ4n) is 1.14. The fraction of sp³-hybridized carbons (Fsp3) is 0.167. The summed E-state index contributed by atoms with van der Waals surface area (Å²) in [7, 11) is 1.34. The van der Waals surface area contributed by atoms with Gasteiger partial charge in [-0.1, -0.05) is 24.3 Å². The molecule has 15 heavy (non-hydrogen) atoms. The first kappa shape index (κ1) is 11.2. The molecule has 1 aromatic rings. The smallest absolute Gasteiger partial charge is 0.333 e. The Morgan fingerprint density at radius 1 is 1.20 bits per heavy atom. The van der Waals surface area contributed by atoms with Gasteiger partial charge in [-0.25, -0.2) is 4.79 Å². The lowest BCUT2D eigenvalue weighted by Gasteiger charge is -1.99. The van der Waals surface area contributed by atoms with E-state index in [9.17, 15) is 9.59 Å². The SMILES string of the molecule is COC(=O)/C(C)=C/c1ccc(C=O)cc1. The number of rotatable bonds is 3. The Balaban J connectivity index is 2.88. The summed E-state index contributed by atoms with van der Waals surface area (Å²) in [5.41, 5.74) is 2.00. The zero-order chi connectivity index (χ0) is 11.3. The van der Waals surface area contributed by atoms with Gasteiger partial charge in [-0.05, 0) is 18.6 Å². The van der Waals surface area contributed by atoms with Crippen LogP contribution in [0.2, 0.25) is 0 Å². The van der Waals surface area contributed by atoms with Crippen LogP contribution in [0, 0.1) is 0 Å². The van der Waals surface area contributed by atoms with E-state index in [2.05, 4.69) is 4.74 Å². The van der Waals surface area contributed by atoms with Gasteiger partial charge in [0.25, 0.3) is 0 Å². The van der Waals surface area contributed by atoms with Crippen molar-refractivity contribution < 1.29 is 14.3 Å². The van der Waals surface area contributed by atoms with Crippen LogP contribution in [-0.2, 0) is 9.53 Å². The van der Waals surface area contributed by atoms with Crippen LogP contribution < -0.4 is 0 Å². The summed E-state index contributed by atoms with van der Waals surface area (Å²) in [6.07, 6.45) is 2.49. The normalized spacial score (nSPS) is 10.9. The molecule has 0 atom stereocenters. The maximum Gasteiger partial charge on any atom is 0.333 e. The highest BCUT2D eigenvalue weighted by molar-refractivity contribution is 5.93. The molecule has 0 saturated heterocycles. The van der Waals surface area contributed by atoms with E-state index in [0.717, 1.165) is 11.8 Å². The third-order valence-corrected chi connectivity index (χ3v) is 1.96. The molecule has 0 aliphatic carbocycles. The van der Waals surface area contributed by atoms with E-state index >= 15 is 0 Å². The molecule has 0 aliphatic rings. The van der Waals surface area contributed by atoms with Crippen molar-refractivity contribution in [3.05, 3.63) is 41.0 Å².